The Bertz CT molecular complexity index is 1060. The average Bonchev–Trinajstić information content (AvgIpc) is 3.15. The fourth-order valence-electron chi connectivity index (χ4n) is 4.77. The van der Waals surface area contributed by atoms with Gasteiger partial charge in [0.1, 0.15) is 17.9 Å². The molecular formula is C22H24N2O8. The van der Waals surface area contributed by atoms with E-state index in [1.807, 2.05) is 12.1 Å². The Morgan fingerprint density at radius 2 is 1.97 bits per heavy atom. The van der Waals surface area contributed by atoms with Gasteiger partial charge in [0.05, 0.1) is 11.0 Å². The van der Waals surface area contributed by atoms with Gasteiger partial charge in [-0.3, -0.25) is 10.1 Å². The first-order valence-corrected chi connectivity index (χ1v) is 10.0. The quantitative estimate of drug-likeness (QED) is 0.391. The van der Waals surface area contributed by atoms with Crippen molar-refractivity contribution < 1.29 is 34.1 Å². The molecule has 2 aliphatic rings. The van der Waals surface area contributed by atoms with Gasteiger partial charge in [-0.15, -0.1) is 0 Å². The summed E-state index contributed by atoms with van der Waals surface area (Å²) in [5.74, 6) is -0.787. The summed E-state index contributed by atoms with van der Waals surface area (Å²) in [6.07, 6.45) is -2.12. The number of hydrogen-bond donors (Lipinski definition) is 2. The number of methoxy groups -OCH3 is 2. The van der Waals surface area contributed by atoms with Crippen LogP contribution in [0.4, 0.5) is 11.4 Å². The highest BCUT2D eigenvalue weighted by Crippen LogP contribution is 2.50. The second kappa shape index (κ2) is 8.05. The summed E-state index contributed by atoms with van der Waals surface area (Å²) in [6, 6.07) is 9.32. The predicted octanol–water partition coefficient (Wildman–Crippen LogP) is 2.28. The van der Waals surface area contributed by atoms with Gasteiger partial charge in [-0.2, -0.15) is 0 Å². The average molecular weight is 444 g/mol. The third-order valence-electron chi connectivity index (χ3n) is 6.24. The van der Waals surface area contributed by atoms with Crippen LogP contribution in [0.15, 0.2) is 42.5 Å². The van der Waals surface area contributed by atoms with Crippen LogP contribution in [0.25, 0.3) is 0 Å². The van der Waals surface area contributed by atoms with Crippen LogP contribution in [0.3, 0.4) is 0 Å². The number of ether oxygens (including phenoxy) is 3. The Morgan fingerprint density at radius 1 is 1.28 bits per heavy atom. The van der Waals surface area contributed by atoms with Crippen molar-refractivity contribution in [1.82, 2.24) is 0 Å². The van der Waals surface area contributed by atoms with E-state index in [-0.39, 0.29) is 17.9 Å². The number of hydrogen-bond acceptors (Lipinski definition) is 8. The van der Waals surface area contributed by atoms with Crippen LogP contribution in [-0.4, -0.2) is 59.4 Å². The van der Waals surface area contributed by atoms with Gasteiger partial charge in [-0.05, 0) is 24.6 Å². The highest BCUT2D eigenvalue weighted by molar-refractivity contribution is 5.83. The summed E-state index contributed by atoms with van der Waals surface area (Å²) in [5.41, 5.74) is 0.137. The Hall–Kier alpha value is -3.21. The molecule has 0 amide bonds. The number of nitro groups is 1. The van der Waals surface area contributed by atoms with Crippen molar-refractivity contribution in [3.8, 4) is 5.75 Å². The summed E-state index contributed by atoms with van der Waals surface area (Å²) in [7, 11) is 2.81. The minimum Gasteiger partial charge on any atom is -0.480 e. The first-order chi connectivity index (χ1) is 15.2. The van der Waals surface area contributed by atoms with Crippen molar-refractivity contribution >= 4 is 17.3 Å². The minimum absolute atomic E-state index is 0.192. The van der Waals surface area contributed by atoms with Crippen LogP contribution in [0.1, 0.15) is 24.1 Å². The molecule has 2 aliphatic heterocycles. The number of benzene rings is 2. The standard InChI is InChI=1S/C22H24N2O8/c1-22(21(30-2)31-3)19(25)18(14-11-13(24(28)29)8-9-17(14)32-22)23-15-7-5-4-6-12(15)10-16(23)20(26)27/h4-9,11,16,18-19,21,25H,10H2,1-3H3,(H,26,27)/t16-,18-,19+,22-/m0/s1. The number of aliphatic hydroxyl groups excluding tert-OH is 1. The highest BCUT2D eigenvalue weighted by atomic mass is 16.7. The third kappa shape index (κ3) is 3.27. The molecule has 0 unspecified atom stereocenters. The van der Waals surface area contributed by atoms with Gasteiger partial charge in [0.25, 0.3) is 5.69 Å². The van der Waals surface area contributed by atoms with Crippen LogP contribution in [0.2, 0.25) is 0 Å². The predicted molar refractivity (Wildman–Crippen MR) is 113 cm³/mol. The summed E-state index contributed by atoms with van der Waals surface area (Å²) < 4.78 is 16.9. The maximum absolute atomic E-state index is 12.2. The van der Waals surface area contributed by atoms with Crippen LogP contribution in [0, 0.1) is 10.1 Å². The molecule has 2 heterocycles. The van der Waals surface area contributed by atoms with Gasteiger partial charge >= 0.3 is 5.97 Å². The second-order valence-electron chi connectivity index (χ2n) is 8.05. The van der Waals surface area contributed by atoms with Gasteiger partial charge in [0, 0.05) is 44.0 Å². The molecule has 0 spiro atoms. The molecule has 0 aliphatic carbocycles. The summed E-state index contributed by atoms with van der Waals surface area (Å²) in [4.78, 5) is 24.7. The molecule has 0 fully saturated rings. The maximum atomic E-state index is 12.2. The molecule has 2 aromatic carbocycles. The number of carboxylic acids is 1. The van der Waals surface area contributed by atoms with E-state index >= 15 is 0 Å². The zero-order chi connectivity index (χ0) is 23.2. The lowest BCUT2D eigenvalue weighted by atomic mass is 9.83. The van der Waals surface area contributed by atoms with Crippen molar-refractivity contribution in [2.75, 3.05) is 19.1 Å². The topological polar surface area (TPSA) is 132 Å². The van der Waals surface area contributed by atoms with Gasteiger partial charge in [0.2, 0.25) is 0 Å². The zero-order valence-electron chi connectivity index (χ0n) is 17.8. The fourth-order valence-corrected chi connectivity index (χ4v) is 4.77. The molecule has 4 atom stereocenters. The van der Waals surface area contributed by atoms with E-state index in [9.17, 15) is 25.1 Å². The smallest absolute Gasteiger partial charge is 0.326 e. The van der Waals surface area contributed by atoms with E-state index in [0.29, 0.717) is 11.3 Å². The first-order valence-electron chi connectivity index (χ1n) is 10.0. The maximum Gasteiger partial charge on any atom is 0.326 e. The molecule has 2 aromatic rings. The SMILES string of the molecule is COC(OC)[C@@]1(C)Oc2ccc([N+](=O)[O-])cc2[C@H](N2c3ccccc3C[C@H]2C(=O)O)[C@H]1O. The van der Waals surface area contributed by atoms with E-state index in [1.165, 1.54) is 32.4 Å². The van der Waals surface area contributed by atoms with Crippen molar-refractivity contribution in [2.45, 2.75) is 43.4 Å². The van der Waals surface area contributed by atoms with E-state index in [1.54, 1.807) is 24.0 Å². The van der Waals surface area contributed by atoms with Crippen LogP contribution >= 0.6 is 0 Å². The molecule has 4 rings (SSSR count). The monoisotopic (exact) mass is 444 g/mol. The van der Waals surface area contributed by atoms with E-state index in [2.05, 4.69) is 0 Å². The Labute approximate surface area is 184 Å². The Kier molecular flexibility index (Phi) is 5.53. The third-order valence-corrected chi connectivity index (χ3v) is 6.24. The number of nitrogens with zero attached hydrogens (tertiary/aromatic N) is 2. The van der Waals surface area contributed by atoms with E-state index < -0.39 is 41.0 Å². The number of para-hydroxylation sites is 1. The first kappa shape index (κ1) is 22.0. The molecule has 0 radical (unpaired) electrons. The molecule has 10 nitrogen and oxygen atoms in total. The molecule has 2 N–H and O–H groups in total. The molecule has 0 aromatic heterocycles. The normalized spacial score (nSPS) is 26.4. The Balaban J connectivity index is 1.95. The van der Waals surface area contributed by atoms with E-state index in [4.69, 9.17) is 14.2 Å². The number of nitro benzene ring substituents is 1. The Morgan fingerprint density at radius 3 is 2.59 bits per heavy atom. The van der Waals surface area contributed by atoms with Crippen molar-refractivity contribution in [2.24, 2.45) is 0 Å². The highest BCUT2D eigenvalue weighted by Gasteiger charge is 2.56. The zero-order valence-corrected chi connectivity index (χ0v) is 17.8. The fraction of sp³-hybridized carbons (Fsp3) is 0.409. The largest absolute Gasteiger partial charge is 0.480 e. The minimum atomic E-state index is -1.43. The number of fused-ring (bicyclic) bond motifs is 2. The van der Waals surface area contributed by atoms with Gasteiger partial charge in [-0.25, -0.2) is 4.79 Å². The molecule has 10 heteroatoms. The number of aliphatic carboxylic acids is 1. The summed E-state index contributed by atoms with van der Waals surface area (Å²) in [5, 5.41) is 33.0. The summed E-state index contributed by atoms with van der Waals surface area (Å²) in [6.45, 7) is 1.60. The molecule has 32 heavy (non-hydrogen) atoms. The van der Waals surface area contributed by atoms with Crippen LogP contribution in [-0.2, 0) is 20.7 Å². The van der Waals surface area contributed by atoms with Crippen LogP contribution in [0.5, 0.6) is 5.75 Å². The molecule has 0 saturated heterocycles. The number of carbonyl (C=O) groups is 1. The van der Waals surface area contributed by atoms with Crippen molar-refractivity contribution in [3.63, 3.8) is 0 Å². The number of rotatable bonds is 6. The lowest BCUT2D eigenvalue weighted by Gasteiger charge is -2.50. The lowest BCUT2D eigenvalue weighted by Crippen LogP contribution is -2.63. The molecule has 0 bridgehead atoms. The lowest BCUT2D eigenvalue weighted by molar-refractivity contribution is -0.385. The summed E-state index contributed by atoms with van der Waals surface area (Å²) >= 11 is 0. The van der Waals surface area contributed by atoms with Gasteiger partial charge < -0.3 is 29.3 Å². The molecule has 0 saturated carbocycles. The number of non-ortho nitro benzene ring substituents is 1. The van der Waals surface area contributed by atoms with Crippen molar-refractivity contribution in [1.29, 1.82) is 0 Å². The van der Waals surface area contributed by atoms with E-state index in [0.717, 1.165) is 5.56 Å². The van der Waals surface area contributed by atoms with Gasteiger partial charge in [0.15, 0.2) is 11.9 Å². The van der Waals surface area contributed by atoms with Crippen LogP contribution < -0.4 is 9.64 Å². The number of anilines is 1. The second-order valence-corrected chi connectivity index (χ2v) is 8.05. The molecule has 170 valence electrons. The number of carboxylic acid groups (broad SMARTS) is 1. The van der Waals surface area contributed by atoms with Crippen molar-refractivity contribution in [3.05, 3.63) is 63.7 Å². The molecular weight excluding hydrogens is 420 g/mol. The number of aliphatic hydroxyl groups is 1. The van der Waals surface area contributed by atoms with Gasteiger partial charge in [-0.1, -0.05) is 18.2 Å².